The number of rotatable bonds is 6. The predicted molar refractivity (Wildman–Crippen MR) is 108 cm³/mol. The summed E-state index contributed by atoms with van der Waals surface area (Å²) < 4.78 is 2.01. The first kappa shape index (κ1) is 18.7. The lowest BCUT2D eigenvalue weighted by molar-refractivity contribution is 0.0684. The molecule has 142 valence electrons. The normalized spacial score (nSPS) is 13.3. The molecule has 0 radical (unpaired) electrons. The summed E-state index contributed by atoms with van der Waals surface area (Å²) in [7, 11) is 0. The molecular formula is C20H17ClN4O2S. The Balaban J connectivity index is 1.57. The van der Waals surface area contributed by atoms with Gasteiger partial charge >= 0.3 is 0 Å². The van der Waals surface area contributed by atoms with Crippen LogP contribution in [0.25, 0.3) is 11.4 Å². The molecule has 0 aliphatic carbocycles. The molecule has 2 amide bonds. The minimum Gasteiger partial charge on any atom is -0.302 e. The smallest absolute Gasteiger partial charge is 0.262 e. The summed E-state index contributed by atoms with van der Waals surface area (Å²) in [5.74, 6) is 0.387. The highest BCUT2D eigenvalue weighted by Gasteiger charge is 2.35. The third-order valence-electron chi connectivity index (χ3n) is 4.47. The number of aromatic nitrogens is 3. The lowest BCUT2D eigenvalue weighted by atomic mass is 10.1. The summed E-state index contributed by atoms with van der Waals surface area (Å²) in [6, 6.07) is 14.3. The number of carbonyl (C=O) groups excluding carboxylic acids is 2. The average Bonchev–Trinajstić information content (AvgIpc) is 3.21. The number of hydrogen-bond donors (Lipinski definition) is 0. The molecular weight excluding hydrogens is 396 g/mol. The molecule has 0 atom stereocenters. The van der Waals surface area contributed by atoms with Crippen molar-refractivity contribution in [3.63, 3.8) is 0 Å². The van der Waals surface area contributed by atoms with E-state index in [1.807, 2.05) is 28.8 Å². The van der Waals surface area contributed by atoms with Crippen molar-refractivity contribution in [3.05, 3.63) is 64.7 Å². The molecule has 28 heavy (non-hydrogen) atoms. The molecule has 8 heteroatoms. The molecule has 1 aromatic heterocycles. The number of nitrogens with zero attached hydrogens (tertiary/aromatic N) is 4. The summed E-state index contributed by atoms with van der Waals surface area (Å²) in [6.45, 7) is 2.81. The fourth-order valence-electron chi connectivity index (χ4n) is 3.11. The quantitative estimate of drug-likeness (QED) is 0.444. The van der Waals surface area contributed by atoms with Gasteiger partial charge in [-0.05, 0) is 42.8 Å². The van der Waals surface area contributed by atoms with Crippen molar-refractivity contribution in [1.82, 2.24) is 19.7 Å². The molecule has 1 aliphatic heterocycles. The summed E-state index contributed by atoms with van der Waals surface area (Å²) >= 11 is 7.31. The predicted octanol–water partition coefficient (Wildman–Crippen LogP) is 4.35. The van der Waals surface area contributed by atoms with E-state index in [2.05, 4.69) is 17.1 Å². The van der Waals surface area contributed by atoms with E-state index in [1.54, 1.807) is 24.3 Å². The first-order valence-corrected chi connectivity index (χ1v) is 10.2. The zero-order valence-electron chi connectivity index (χ0n) is 15.1. The maximum Gasteiger partial charge on any atom is 0.262 e. The minimum atomic E-state index is -0.271. The number of imide groups is 1. The minimum absolute atomic E-state index is 0.189. The largest absolute Gasteiger partial charge is 0.302 e. The first-order chi connectivity index (χ1) is 13.6. The van der Waals surface area contributed by atoms with Crippen LogP contribution in [0.4, 0.5) is 0 Å². The third-order valence-corrected chi connectivity index (χ3v) is 5.67. The lowest BCUT2D eigenvalue weighted by Crippen LogP contribution is -2.29. The molecule has 6 nitrogen and oxygen atoms in total. The Bertz CT molecular complexity index is 1010. The Morgan fingerprint density at radius 2 is 1.61 bits per heavy atom. The van der Waals surface area contributed by atoms with Crippen molar-refractivity contribution in [2.24, 2.45) is 0 Å². The Labute approximate surface area is 171 Å². The molecule has 0 N–H and O–H groups in total. The summed E-state index contributed by atoms with van der Waals surface area (Å²) in [4.78, 5) is 26.3. The van der Waals surface area contributed by atoms with E-state index in [0.29, 0.717) is 21.3 Å². The van der Waals surface area contributed by atoms with E-state index in [9.17, 15) is 9.59 Å². The third kappa shape index (κ3) is 3.31. The topological polar surface area (TPSA) is 68.1 Å². The van der Waals surface area contributed by atoms with Crippen LogP contribution in [-0.2, 0) is 6.54 Å². The van der Waals surface area contributed by atoms with Gasteiger partial charge in [0, 0.05) is 17.1 Å². The van der Waals surface area contributed by atoms with Gasteiger partial charge in [0.2, 0.25) is 0 Å². The Morgan fingerprint density at radius 3 is 2.21 bits per heavy atom. The SMILES string of the molecule is CCCn1c(SCN2C(=O)c3ccccc3C2=O)nnc1-c1ccc(Cl)cc1. The number of carbonyl (C=O) groups is 2. The standard InChI is InChI=1S/C20H17ClN4O2S/c1-2-11-24-17(13-7-9-14(21)10-8-13)22-23-20(24)28-12-25-18(26)15-5-3-4-6-16(15)19(25)27/h3-10H,2,11-12H2,1H3. The van der Waals surface area contributed by atoms with Crippen molar-refractivity contribution >= 4 is 35.2 Å². The van der Waals surface area contributed by atoms with Gasteiger partial charge < -0.3 is 4.57 Å². The van der Waals surface area contributed by atoms with Gasteiger partial charge in [-0.1, -0.05) is 42.4 Å². The molecule has 0 unspecified atom stereocenters. The number of benzene rings is 2. The van der Waals surface area contributed by atoms with Gasteiger partial charge in [0.1, 0.15) is 0 Å². The number of hydrogen-bond acceptors (Lipinski definition) is 5. The molecule has 0 saturated heterocycles. The fourth-order valence-corrected chi connectivity index (χ4v) is 4.15. The molecule has 2 aromatic carbocycles. The van der Waals surface area contributed by atoms with Gasteiger partial charge in [0.15, 0.2) is 11.0 Å². The van der Waals surface area contributed by atoms with Crippen molar-refractivity contribution in [2.75, 3.05) is 5.88 Å². The maximum atomic E-state index is 12.5. The van der Waals surface area contributed by atoms with Gasteiger partial charge in [-0.25, -0.2) is 0 Å². The van der Waals surface area contributed by atoms with Crippen LogP contribution in [0.2, 0.25) is 5.02 Å². The zero-order chi connectivity index (χ0) is 19.7. The van der Waals surface area contributed by atoms with Gasteiger partial charge in [-0.2, -0.15) is 0 Å². The van der Waals surface area contributed by atoms with Crippen molar-refractivity contribution in [3.8, 4) is 11.4 Å². The summed E-state index contributed by atoms with van der Waals surface area (Å²) in [5, 5.41) is 9.93. The van der Waals surface area contributed by atoms with E-state index >= 15 is 0 Å². The maximum absolute atomic E-state index is 12.5. The highest BCUT2D eigenvalue weighted by atomic mass is 35.5. The zero-order valence-corrected chi connectivity index (χ0v) is 16.7. The van der Waals surface area contributed by atoms with E-state index in [4.69, 9.17) is 11.6 Å². The lowest BCUT2D eigenvalue weighted by Gasteiger charge is -2.14. The van der Waals surface area contributed by atoms with Crippen molar-refractivity contribution in [1.29, 1.82) is 0 Å². The Morgan fingerprint density at radius 1 is 0.964 bits per heavy atom. The van der Waals surface area contributed by atoms with Gasteiger partial charge in [-0.15, -0.1) is 10.2 Å². The summed E-state index contributed by atoms with van der Waals surface area (Å²) in [6.07, 6.45) is 0.902. The van der Waals surface area contributed by atoms with Crippen molar-refractivity contribution < 1.29 is 9.59 Å². The highest BCUT2D eigenvalue weighted by molar-refractivity contribution is 7.99. The van der Waals surface area contributed by atoms with E-state index in [1.165, 1.54) is 16.7 Å². The second-order valence-electron chi connectivity index (χ2n) is 6.32. The highest BCUT2D eigenvalue weighted by Crippen LogP contribution is 2.29. The Hall–Kier alpha value is -2.64. The molecule has 0 saturated carbocycles. The van der Waals surface area contributed by atoms with Crippen LogP contribution in [0, 0.1) is 0 Å². The average molecular weight is 413 g/mol. The van der Waals surface area contributed by atoms with Crippen LogP contribution in [0.3, 0.4) is 0 Å². The molecule has 3 aromatic rings. The van der Waals surface area contributed by atoms with E-state index in [-0.39, 0.29) is 17.7 Å². The van der Waals surface area contributed by atoms with Crippen LogP contribution in [-0.4, -0.2) is 37.4 Å². The van der Waals surface area contributed by atoms with Crippen molar-refractivity contribution in [2.45, 2.75) is 25.0 Å². The van der Waals surface area contributed by atoms with E-state index in [0.717, 1.165) is 24.4 Å². The molecule has 1 aliphatic rings. The van der Waals surface area contributed by atoms with Crippen LogP contribution >= 0.6 is 23.4 Å². The second kappa shape index (κ2) is 7.77. The fraction of sp³-hybridized carbons (Fsp3) is 0.200. The summed E-state index contributed by atoms with van der Waals surface area (Å²) in [5.41, 5.74) is 1.81. The van der Waals surface area contributed by atoms with E-state index < -0.39 is 0 Å². The number of halogens is 1. The van der Waals surface area contributed by atoms with Gasteiger partial charge in [0.25, 0.3) is 11.8 Å². The molecule has 0 bridgehead atoms. The monoisotopic (exact) mass is 412 g/mol. The number of thioether (sulfide) groups is 1. The Kier molecular flexibility index (Phi) is 5.19. The first-order valence-electron chi connectivity index (χ1n) is 8.87. The van der Waals surface area contributed by atoms with Crippen LogP contribution < -0.4 is 0 Å². The van der Waals surface area contributed by atoms with Crippen LogP contribution in [0.15, 0.2) is 53.7 Å². The van der Waals surface area contributed by atoms with Crippen LogP contribution in [0.5, 0.6) is 0 Å². The number of amides is 2. The molecule has 0 fully saturated rings. The molecule has 4 rings (SSSR count). The number of fused-ring (bicyclic) bond motifs is 1. The molecule has 0 spiro atoms. The van der Waals surface area contributed by atoms with Gasteiger partial charge in [0.05, 0.1) is 17.0 Å². The second-order valence-corrected chi connectivity index (χ2v) is 7.67. The van der Waals surface area contributed by atoms with Crippen LogP contribution in [0.1, 0.15) is 34.1 Å². The molecule has 2 heterocycles. The van der Waals surface area contributed by atoms with Gasteiger partial charge in [-0.3, -0.25) is 14.5 Å².